The van der Waals surface area contributed by atoms with Gasteiger partial charge in [0.25, 0.3) is 0 Å². The Morgan fingerprint density at radius 3 is 2.74 bits per heavy atom. The van der Waals surface area contributed by atoms with Gasteiger partial charge in [0, 0.05) is 31.3 Å². The predicted octanol–water partition coefficient (Wildman–Crippen LogP) is 3.98. The van der Waals surface area contributed by atoms with Crippen LogP contribution in [0.1, 0.15) is 37.0 Å². The average Bonchev–Trinajstić information content (AvgIpc) is 2.64. The molecule has 3 aromatic rings. The topological polar surface area (TPSA) is 67.2 Å². The molecule has 0 atom stereocenters. The molecule has 2 aromatic heterocycles. The van der Waals surface area contributed by atoms with Crippen LogP contribution in [0.5, 0.6) is 5.75 Å². The fourth-order valence-electron chi connectivity index (χ4n) is 3.27. The number of aryl methyl sites for hydroxylation is 2. The van der Waals surface area contributed by atoms with Gasteiger partial charge in [0.15, 0.2) is 17.0 Å². The van der Waals surface area contributed by atoms with E-state index in [1.807, 2.05) is 17.7 Å². The van der Waals surface area contributed by atoms with Crippen LogP contribution >= 0.6 is 0 Å². The molecule has 2 heterocycles. The second-order valence-corrected chi connectivity index (χ2v) is 6.66. The lowest BCUT2D eigenvalue weighted by molar-refractivity contribution is 0.429. The Balaban J connectivity index is 2.22. The van der Waals surface area contributed by atoms with Crippen molar-refractivity contribution in [3.05, 3.63) is 63.2 Å². The van der Waals surface area contributed by atoms with Crippen molar-refractivity contribution in [3.8, 4) is 5.75 Å². The van der Waals surface area contributed by atoms with Crippen molar-refractivity contribution in [1.29, 1.82) is 0 Å². The molecule has 0 saturated carbocycles. The summed E-state index contributed by atoms with van der Waals surface area (Å²) in [4.78, 5) is 17.4. The van der Waals surface area contributed by atoms with Crippen molar-refractivity contribution in [2.45, 2.75) is 40.2 Å². The molecule has 0 radical (unpaired) electrons. The van der Waals surface area contributed by atoms with E-state index in [0.717, 1.165) is 18.5 Å². The van der Waals surface area contributed by atoms with Crippen LogP contribution in [0.3, 0.4) is 0 Å². The number of nitrogens with one attached hydrogen (secondary N) is 1. The largest absolute Gasteiger partial charge is 0.505 e. The standard InChI is InChI=1S/C21H24FN3O2/c1-4-9-25-12-13(3)19(27)16-11-15(20(23-5-2)24-21(16)25)10-14-7-6-8-17(26)18(14)22/h6-8,11-12,26H,4-5,9-10H2,1-3H3,(H,23,24). The Morgan fingerprint density at radius 1 is 1.26 bits per heavy atom. The molecule has 0 amide bonds. The second kappa shape index (κ2) is 7.78. The lowest BCUT2D eigenvalue weighted by atomic mass is 10.0. The first kappa shape index (κ1) is 18.9. The number of anilines is 1. The molecule has 0 aliphatic rings. The summed E-state index contributed by atoms with van der Waals surface area (Å²) in [7, 11) is 0. The molecule has 0 fully saturated rings. The van der Waals surface area contributed by atoms with Crippen molar-refractivity contribution in [2.75, 3.05) is 11.9 Å². The van der Waals surface area contributed by atoms with Crippen LogP contribution in [0.2, 0.25) is 0 Å². The number of aromatic hydroxyl groups is 1. The molecule has 6 heteroatoms. The normalized spacial score (nSPS) is 11.1. The zero-order chi connectivity index (χ0) is 19.6. The highest BCUT2D eigenvalue weighted by Crippen LogP contribution is 2.26. The smallest absolute Gasteiger partial charge is 0.193 e. The first-order chi connectivity index (χ1) is 13.0. The molecule has 0 saturated heterocycles. The number of fused-ring (bicyclic) bond motifs is 1. The molecule has 27 heavy (non-hydrogen) atoms. The van der Waals surface area contributed by atoms with Gasteiger partial charge in [-0.1, -0.05) is 19.1 Å². The van der Waals surface area contributed by atoms with E-state index in [9.17, 15) is 14.3 Å². The van der Waals surface area contributed by atoms with Crippen LogP contribution in [0.25, 0.3) is 11.0 Å². The number of hydrogen-bond donors (Lipinski definition) is 2. The summed E-state index contributed by atoms with van der Waals surface area (Å²) in [6.45, 7) is 7.23. The molecule has 0 spiro atoms. The van der Waals surface area contributed by atoms with E-state index in [2.05, 4.69) is 12.2 Å². The summed E-state index contributed by atoms with van der Waals surface area (Å²) in [6.07, 6.45) is 2.99. The number of aromatic nitrogens is 2. The third-order valence-corrected chi connectivity index (χ3v) is 4.55. The highest BCUT2D eigenvalue weighted by atomic mass is 19.1. The molecule has 0 bridgehead atoms. The van der Waals surface area contributed by atoms with Gasteiger partial charge in [-0.05, 0) is 43.5 Å². The Hall–Kier alpha value is -2.89. The number of nitrogens with zero attached hydrogens (tertiary/aromatic N) is 2. The maximum absolute atomic E-state index is 14.3. The molecular weight excluding hydrogens is 345 g/mol. The van der Waals surface area contributed by atoms with Crippen LogP contribution in [0.15, 0.2) is 35.3 Å². The Labute approximate surface area is 157 Å². The summed E-state index contributed by atoms with van der Waals surface area (Å²) in [5.74, 6) is -0.402. The molecule has 2 N–H and O–H groups in total. The quantitative estimate of drug-likeness (QED) is 0.690. The van der Waals surface area contributed by atoms with Gasteiger partial charge in [-0.2, -0.15) is 0 Å². The van der Waals surface area contributed by atoms with Crippen molar-refractivity contribution in [2.24, 2.45) is 0 Å². The van der Waals surface area contributed by atoms with Crippen molar-refractivity contribution < 1.29 is 9.50 Å². The van der Waals surface area contributed by atoms with Crippen molar-refractivity contribution in [1.82, 2.24) is 9.55 Å². The van der Waals surface area contributed by atoms with E-state index in [1.54, 1.807) is 25.1 Å². The number of benzene rings is 1. The highest BCUT2D eigenvalue weighted by Gasteiger charge is 2.15. The van der Waals surface area contributed by atoms with Crippen molar-refractivity contribution >= 4 is 16.9 Å². The minimum absolute atomic E-state index is 0.0643. The second-order valence-electron chi connectivity index (χ2n) is 6.66. The predicted molar refractivity (Wildman–Crippen MR) is 106 cm³/mol. The molecule has 5 nitrogen and oxygen atoms in total. The maximum Gasteiger partial charge on any atom is 0.193 e. The van der Waals surface area contributed by atoms with E-state index >= 15 is 0 Å². The first-order valence-electron chi connectivity index (χ1n) is 9.20. The third-order valence-electron chi connectivity index (χ3n) is 4.55. The van der Waals surface area contributed by atoms with E-state index in [1.165, 1.54) is 6.07 Å². The lowest BCUT2D eigenvalue weighted by Crippen LogP contribution is -2.16. The first-order valence-corrected chi connectivity index (χ1v) is 9.20. The highest BCUT2D eigenvalue weighted by molar-refractivity contribution is 5.79. The van der Waals surface area contributed by atoms with Gasteiger partial charge in [0.05, 0.1) is 5.39 Å². The number of pyridine rings is 2. The fraction of sp³-hybridized carbons (Fsp3) is 0.333. The molecular formula is C21H24FN3O2. The van der Waals surface area contributed by atoms with E-state index < -0.39 is 5.82 Å². The Kier molecular flexibility index (Phi) is 5.44. The SMILES string of the molecule is CCCn1cc(C)c(=O)c2cc(Cc3cccc(O)c3F)c(NCC)nc21. The number of phenolic OH excluding ortho intramolecular Hbond substituents is 1. The number of halogens is 1. The molecule has 0 unspecified atom stereocenters. The van der Waals surface area contributed by atoms with Crippen LogP contribution in [-0.4, -0.2) is 21.2 Å². The van der Waals surface area contributed by atoms with Gasteiger partial charge in [0.1, 0.15) is 11.5 Å². The molecule has 1 aromatic carbocycles. The summed E-state index contributed by atoms with van der Waals surface area (Å²) in [5, 5.41) is 13.4. The van der Waals surface area contributed by atoms with Crippen molar-refractivity contribution in [3.63, 3.8) is 0 Å². The minimum atomic E-state index is -0.646. The molecule has 0 aliphatic carbocycles. The zero-order valence-electron chi connectivity index (χ0n) is 15.8. The minimum Gasteiger partial charge on any atom is -0.505 e. The number of hydrogen-bond acceptors (Lipinski definition) is 4. The Bertz CT molecular complexity index is 1040. The van der Waals surface area contributed by atoms with E-state index in [4.69, 9.17) is 4.98 Å². The lowest BCUT2D eigenvalue weighted by Gasteiger charge is -2.16. The van der Waals surface area contributed by atoms with E-state index in [-0.39, 0.29) is 17.6 Å². The van der Waals surface area contributed by atoms with Gasteiger partial charge in [0.2, 0.25) is 0 Å². The van der Waals surface area contributed by atoms with E-state index in [0.29, 0.717) is 34.5 Å². The summed E-state index contributed by atoms with van der Waals surface area (Å²) < 4.78 is 16.3. The number of rotatable bonds is 6. The summed E-state index contributed by atoms with van der Waals surface area (Å²) in [6, 6.07) is 6.34. The summed E-state index contributed by atoms with van der Waals surface area (Å²) in [5.41, 5.74) is 2.30. The van der Waals surface area contributed by atoms with Gasteiger partial charge >= 0.3 is 0 Å². The van der Waals surface area contributed by atoms with Gasteiger partial charge in [-0.15, -0.1) is 0 Å². The summed E-state index contributed by atoms with van der Waals surface area (Å²) >= 11 is 0. The van der Waals surface area contributed by atoms with Crippen LogP contribution < -0.4 is 10.7 Å². The molecule has 0 aliphatic heterocycles. The van der Waals surface area contributed by atoms with Crippen LogP contribution in [0, 0.1) is 12.7 Å². The third kappa shape index (κ3) is 3.65. The van der Waals surface area contributed by atoms with Gasteiger partial charge in [-0.25, -0.2) is 9.37 Å². The molecule has 142 valence electrons. The fourth-order valence-corrected chi connectivity index (χ4v) is 3.27. The number of phenols is 1. The zero-order valence-corrected chi connectivity index (χ0v) is 15.8. The van der Waals surface area contributed by atoms with Crippen LogP contribution in [0.4, 0.5) is 10.2 Å². The van der Waals surface area contributed by atoms with Gasteiger partial charge in [-0.3, -0.25) is 4.79 Å². The monoisotopic (exact) mass is 369 g/mol. The molecule has 3 rings (SSSR count). The van der Waals surface area contributed by atoms with Crippen LogP contribution in [-0.2, 0) is 13.0 Å². The maximum atomic E-state index is 14.3. The Morgan fingerprint density at radius 2 is 2.04 bits per heavy atom. The van der Waals surface area contributed by atoms with Gasteiger partial charge < -0.3 is 15.0 Å². The average molecular weight is 369 g/mol.